The number of hydrogen-bond donors (Lipinski definition) is 0. The molecule has 1 heterocycles. The molecular formula is C22H15NO6. The molecule has 3 aromatic carbocycles. The molecule has 0 N–H and O–H groups in total. The molecule has 1 aromatic heterocycles. The average molecular weight is 389 g/mol. The Bertz CT molecular complexity index is 1180. The molecule has 7 heteroatoms. The Kier molecular flexibility index (Phi) is 4.94. The number of para-hydroxylation sites is 2. The third-order valence-electron chi connectivity index (χ3n) is 4.25. The monoisotopic (exact) mass is 389 g/mol. The summed E-state index contributed by atoms with van der Waals surface area (Å²) in [6.07, 6.45) is 0. The molecule has 0 bridgehead atoms. The second-order valence-corrected chi connectivity index (χ2v) is 6.15. The van der Waals surface area contributed by atoms with Crippen LogP contribution >= 0.6 is 0 Å². The number of carbonyl (C=O) groups excluding carboxylic acids is 1. The van der Waals surface area contributed by atoms with E-state index in [9.17, 15) is 14.9 Å². The van der Waals surface area contributed by atoms with Crippen LogP contribution in [0.4, 0.5) is 5.69 Å². The number of hydrogen-bond acceptors (Lipinski definition) is 6. The number of carbonyl (C=O) groups is 1. The number of fused-ring (bicyclic) bond motifs is 1. The van der Waals surface area contributed by atoms with E-state index in [2.05, 4.69) is 0 Å². The molecule has 0 aliphatic rings. The summed E-state index contributed by atoms with van der Waals surface area (Å²) < 4.78 is 16.8. The van der Waals surface area contributed by atoms with Crippen LogP contribution in [-0.2, 0) is 6.61 Å². The van der Waals surface area contributed by atoms with Crippen LogP contribution < -0.4 is 9.47 Å². The van der Waals surface area contributed by atoms with Gasteiger partial charge in [-0.2, -0.15) is 0 Å². The van der Waals surface area contributed by atoms with Crippen LogP contribution in [0.2, 0.25) is 0 Å². The van der Waals surface area contributed by atoms with Gasteiger partial charge >= 0.3 is 5.97 Å². The average Bonchev–Trinajstić information content (AvgIpc) is 3.12. The van der Waals surface area contributed by atoms with Crippen molar-refractivity contribution < 1.29 is 23.6 Å². The fourth-order valence-electron chi connectivity index (χ4n) is 2.89. The van der Waals surface area contributed by atoms with E-state index in [4.69, 9.17) is 13.9 Å². The van der Waals surface area contributed by atoms with E-state index in [1.54, 1.807) is 12.1 Å². The Balaban J connectivity index is 1.64. The molecule has 0 unspecified atom stereocenters. The fraction of sp³-hybridized carbons (Fsp3) is 0.0455. The number of nitro benzene ring substituents is 1. The fourth-order valence-corrected chi connectivity index (χ4v) is 2.89. The number of ether oxygens (including phenoxy) is 2. The first-order chi connectivity index (χ1) is 14.1. The summed E-state index contributed by atoms with van der Waals surface area (Å²) in [5, 5.41) is 11.7. The van der Waals surface area contributed by atoms with Crippen LogP contribution in [0, 0.1) is 10.1 Å². The van der Waals surface area contributed by atoms with E-state index >= 15 is 0 Å². The Labute approximate surface area is 165 Å². The molecule has 4 rings (SSSR count). The highest BCUT2D eigenvalue weighted by molar-refractivity contribution is 5.97. The number of rotatable bonds is 6. The quantitative estimate of drug-likeness (QED) is 0.196. The predicted molar refractivity (Wildman–Crippen MR) is 105 cm³/mol. The summed E-state index contributed by atoms with van der Waals surface area (Å²) in [6, 6.07) is 21.8. The van der Waals surface area contributed by atoms with Crippen molar-refractivity contribution in [3.63, 3.8) is 0 Å². The Morgan fingerprint density at radius 1 is 0.931 bits per heavy atom. The maximum Gasteiger partial charge on any atom is 0.380 e. The Hall–Kier alpha value is -4.13. The molecule has 0 aliphatic carbocycles. The largest absolute Gasteiger partial charge is 0.489 e. The van der Waals surface area contributed by atoms with Gasteiger partial charge in [0.05, 0.1) is 16.6 Å². The van der Waals surface area contributed by atoms with Gasteiger partial charge in [-0.05, 0) is 24.3 Å². The van der Waals surface area contributed by atoms with Gasteiger partial charge in [0.1, 0.15) is 23.7 Å². The SMILES string of the molecule is O=C(Oc1cccc([N+](=O)[O-])c1)c1oc2ccccc2c1COc1ccccc1. The number of non-ortho nitro benzene ring substituents is 1. The number of benzene rings is 3. The molecule has 7 nitrogen and oxygen atoms in total. The van der Waals surface area contributed by atoms with E-state index in [1.165, 1.54) is 24.3 Å². The number of nitro groups is 1. The van der Waals surface area contributed by atoms with Crippen molar-refractivity contribution in [2.24, 2.45) is 0 Å². The first-order valence-corrected chi connectivity index (χ1v) is 8.77. The van der Waals surface area contributed by atoms with Crippen molar-refractivity contribution in [1.29, 1.82) is 0 Å². The third-order valence-corrected chi connectivity index (χ3v) is 4.25. The predicted octanol–water partition coefficient (Wildman–Crippen LogP) is 5.14. The summed E-state index contributed by atoms with van der Waals surface area (Å²) in [4.78, 5) is 23.1. The molecule has 0 atom stereocenters. The standard InChI is InChI=1S/C22H15NO6/c24-22(28-17-10-6-7-15(13-17)23(25)26)21-19(14-27-16-8-2-1-3-9-16)18-11-4-5-12-20(18)29-21/h1-13H,14H2. The lowest BCUT2D eigenvalue weighted by molar-refractivity contribution is -0.384. The Morgan fingerprint density at radius 3 is 2.45 bits per heavy atom. The van der Waals surface area contributed by atoms with Gasteiger partial charge < -0.3 is 13.9 Å². The topological polar surface area (TPSA) is 91.8 Å². The Morgan fingerprint density at radius 2 is 1.66 bits per heavy atom. The van der Waals surface area contributed by atoms with E-state index in [-0.39, 0.29) is 23.8 Å². The lowest BCUT2D eigenvalue weighted by Gasteiger charge is -2.07. The van der Waals surface area contributed by atoms with Gasteiger partial charge in [0.25, 0.3) is 5.69 Å². The zero-order chi connectivity index (χ0) is 20.2. The molecule has 0 aliphatic heterocycles. The minimum absolute atomic E-state index is 0.00589. The first kappa shape index (κ1) is 18.2. The summed E-state index contributed by atoms with van der Waals surface area (Å²) in [7, 11) is 0. The highest BCUT2D eigenvalue weighted by Gasteiger charge is 2.23. The molecule has 0 amide bonds. The van der Waals surface area contributed by atoms with Crippen LogP contribution in [0.25, 0.3) is 11.0 Å². The molecule has 0 saturated carbocycles. The van der Waals surface area contributed by atoms with E-state index in [0.717, 1.165) is 5.39 Å². The summed E-state index contributed by atoms with van der Waals surface area (Å²) >= 11 is 0. The lowest BCUT2D eigenvalue weighted by atomic mass is 10.1. The maximum atomic E-state index is 12.8. The number of furan rings is 1. The smallest absolute Gasteiger partial charge is 0.380 e. The van der Waals surface area contributed by atoms with Crippen LogP contribution in [0.15, 0.2) is 83.3 Å². The van der Waals surface area contributed by atoms with Gasteiger partial charge in [-0.25, -0.2) is 4.79 Å². The van der Waals surface area contributed by atoms with E-state index in [0.29, 0.717) is 16.9 Å². The molecule has 0 saturated heterocycles. The van der Waals surface area contributed by atoms with Gasteiger partial charge in [-0.15, -0.1) is 0 Å². The van der Waals surface area contributed by atoms with Crippen LogP contribution in [0.1, 0.15) is 16.1 Å². The second kappa shape index (κ2) is 7.85. The van der Waals surface area contributed by atoms with E-state index < -0.39 is 10.9 Å². The molecule has 0 fully saturated rings. The number of nitrogens with zero attached hydrogens (tertiary/aromatic N) is 1. The van der Waals surface area contributed by atoms with Crippen molar-refractivity contribution in [2.45, 2.75) is 6.61 Å². The summed E-state index contributed by atoms with van der Waals surface area (Å²) in [5.74, 6) is -0.0580. The van der Waals surface area contributed by atoms with Crippen LogP contribution in [-0.4, -0.2) is 10.9 Å². The van der Waals surface area contributed by atoms with Crippen molar-refractivity contribution in [2.75, 3.05) is 0 Å². The van der Waals surface area contributed by atoms with Crippen LogP contribution in [0.3, 0.4) is 0 Å². The minimum atomic E-state index is -0.756. The second-order valence-electron chi connectivity index (χ2n) is 6.15. The first-order valence-electron chi connectivity index (χ1n) is 8.77. The van der Waals surface area contributed by atoms with Gasteiger partial charge in [0.15, 0.2) is 0 Å². The van der Waals surface area contributed by atoms with Crippen molar-refractivity contribution in [1.82, 2.24) is 0 Å². The summed E-state index contributed by atoms with van der Waals surface area (Å²) in [5.41, 5.74) is 0.887. The van der Waals surface area contributed by atoms with Crippen LogP contribution in [0.5, 0.6) is 11.5 Å². The van der Waals surface area contributed by atoms with Gasteiger partial charge in [0.2, 0.25) is 5.76 Å². The van der Waals surface area contributed by atoms with Gasteiger partial charge in [-0.3, -0.25) is 10.1 Å². The molecule has 144 valence electrons. The minimum Gasteiger partial charge on any atom is -0.489 e. The van der Waals surface area contributed by atoms with Gasteiger partial charge in [0, 0.05) is 11.5 Å². The zero-order valence-corrected chi connectivity index (χ0v) is 15.1. The normalized spacial score (nSPS) is 10.6. The van der Waals surface area contributed by atoms with Crippen molar-refractivity contribution in [3.05, 3.63) is 100 Å². The van der Waals surface area contributed by atoms with Crippen molar-refractivity contribution in [3.8, 4) is 11.5 Å². The summed E-state index contributed by atoms with van der Waals surface area (Å²) in [6.45, 7) is 0.0976. The molecular weight excluding hydrogens is 374 g/mol. The van der Waals surface area contributed by atoms with Gasteiger partial charge in [-0.1, -0.05) is 42.5 Å². The third kappa shape index (κ3) is 3.93. The lowest BCUT2D eigenvalue weighted by Crippen LogP contribution is -2.11. The molecule has 0 radical (unpaired) electrons. The highest BCUT2D eigenvalue weighted by atomic mass is 16.6. The number of esters is 1. The maximum absolute atomic E-state index is 12.8. The molecule has 29 heavy (non-hydrogen) atoms. The van der Waals surface area contributed by atoms with Crippen molar-refractivity contribution >= 4 is 22.6 Å². The molecule has 4 aromatic rings. The highest BCUT2D eigenvalue weighted by Crippen LogP contribution is 2.29. The zero-order valence-electron chi connectivity index (χ0n) is 15.1. The van der Waals surface area contributed by atoms with E-state index in [1.807, 2.05) is 42.5 Å². The molecule has 0 spiro atoms.